The van der Waals surface area contributed by atoms with Crippen molar-refractivity contribution in [1.82, 2.24) is 19.8 Å². The van der Waals surface area contributed by atoms with Crippen LogP contribution >= 0.6 is 12.2 Å². The van der Waals surface area contributed by atoms with Crippen LogP contribution in [0.1, 0.15) is 57.8 Å². The number of nitrogens with zero attached hydrogens (tertiary/aromatic N) is 3. The molecule has 3 heterocycles. The van der Waals surface area contributed by atoms with Crippen LogP contribution in [0.25, 0.3) is 5.69 Å². The number of anilines is 1. The normalized spacial score (nSPS) is 16.5. The lowest BCUT2D eigenvalue weighted by Gasteiger charge is -2.28. The van der Waals surface area contributed by atoms with Crippen molar-refractivity contribution in [3.63, 3.8) is 0 Å². The predicted molar refractivity (Wildman–Crippen MR) is 168 cm³/mol. The van der Waals surface area contributed by atoms with Crippen molar-refractivity contribution in [2.24, 2.45) is 0 Å². The Morgan fingerprint density at radius 2 is 1.73 bits per heavy atom. The number of carbonyl (C=O) groups excluding carboxylic acids is 1. The van der Waals surface area contributed by atoms with Gasteiger partial charge in [0.1, 0.15) is 5.75 Å². The molecule has 7 nitrogen and oxygen atoms in total. The number of hydrogen-bond donors (Lipinski definition) is 2. The van der Waals surface area contributed by atoms with Crippen molar-refractivity contribution < 1.29 is 9.53 Å². The number of nitrogens with one attached hydrogen (secondary N) is 2. The molecular formula is C33H37N5O2S. The van der Waals surface area contributed by atoms with Gasteiger partial charge in [0.25, 0.3) is 0 Å². The van der Waals surface area contributed by atoms with Crippen LogP contribution in [0.15, 0.2) is 66.9 Å². The van der Waals surface area contributed by atoms with Crippen molar-refractivity contribution in [3.05, 3.63) is 106 Å². The highest BCUT2D eigenvalue weighted by molar-refractivity contribution is 7.80. The van der Waals surface area contributed by atoms with Crippen LogP contribution in [0.3, 0.4) is 0 Å². The maximum absolute atomic E-state index is 13.1. The van der Waals surface area contributed by atoms with E-state index in [0.29, 0.717) is 23.1 Å². The van der Waals surface area contributed by atoms with E-state index in [9.17, 15) is 4.79 Å². The number of para-hydroxylation sites is 2. The number of hydrogen-bond acceptors (Lipinski definition) is 4. The second-order valence-electron chi connectivity index (χ2n) is 10.7. The lowest BCUT2D eigenvalue weighted by Crippen LogP contribution is -2.33. The molecule has 1 amide bonds. The van der Waals surface area contributed by atoms with Crippen LogP contribution in [-0.2, 0) is 4.79 Å². The summed E-state index contributed by atoms with van der Waals surface area (Å²) >= 11 is 5.88. The van der Waals surface area contributed by atoms with E-state index < -0.39 is 0 Å². The van der Waals surface area contributed by atoms with Crippen molar-refractivity contribution in [2.75, 3.05) is 19.0 Å². The number of ether oxygens (including phenoxy) is 1. The summed E-state index contributed by atoms with van der Waals surface area (Å²) in [5, 5.41) is 7.12. The molecule has 0 radical (unpaired) electrons. The van der Waals surface area contributed by atoms with Gasteiger partial charge in [-0.2, -0.15) is 0 Å². The molecule has 4 aromatic rings. The molecular weight excluding hydrogens is 530 g/mol. The molecule has 2 atom stereocenters. The molecule has 1 aliphatic rings. The van der Waals surface area contributed by atoms with Gasteiger partial charge in [0.15, 0.2) is 5.11 Å². The van der Waals surface area contributed by atoms with Gasteiger partial charge in [-0.1, -0.05) is 35.9 Å². The average Bonchev–Trinajstić information content (AvgIpc) is 3.42. The molecule has 0 spiro atoms. The van der Waals surface area contributed by atoms with Gasteiger partial charge in [0.2, 0.25) is 5.91 Å². The minimum absolute atomic E-state index is 0.103. The Morgan fingerprint density at radius 1 is 1.02 bits per heavy atom. The zero-order valence-electron chi connectivity index (χ0n) is 24.5. The number of rotatable bonds is 8. The van der Waals surface area contributed by atoms with Gasteiger partial charge in [0.05, 0.1) is 36.3 Å². The van der Waals surface area contributed by atoms with Gasteiger partial charge >= 0.3 is 0 Å². The summed E-state index contributed by atoms with van der Waals surface area (Å²) in [6.45, 7) is 11.2. The summed E-state index contributed by atoms with van der Waals surface area (Å²) in [4.78, 5) is 19.9. The van der Waals surface area contributed by atoms with E-state index in [-0.39, 0.29) is 24.4 Å². The molecule has 5 rings (SSSR count). The van der Waals surface area contributed by atoms with E-state index >= 15 is 0 Å². The number of benzene rings is 2. The summed E-state index contributed by atoms with van der Waals surface area (Å²) < 4.78 is 7.75. The van der Waals surface area contributed by atoms with Crippen LogP contribution in [-0.4, -0.2) is 39.1 Å². The third-order valence-electron chi connectivity index (χ3n) is 7.81. The Labute approximate surface area is 247 Å². The fourth-order valence-electron chi connectivity index (χ4n) is 6.12. The van der Waals surface area contributed by atoms with Gasteiger partial charge in [0, 0.05) is 30.6 Å². The summed E-state index contributed by atoms with van der Waals surface area (Å²) in [7, 11) is 1.59. The minimum atomic E-state index is -0.157. The monoisotopic (exact) mass is 567 g/mol. The molecule has 0 bridgehead atoms. The second-order valence-corrected chi connectivity index (χ2v) is 11.1. The molecule has 1 fully saturated rings. The molecule has 8 heteroatoms. The number of carbonyl (C=O) groups is 1. The molecule has 1 aliphatic heterocycles. The Kier molecular flexibility index (Phi) is 8.13. The number of amides is 1. The van der Waals surface area contributed by atoms with Crippen LogP contribution < -0.4 is 15.4 Å². The quantitative estimate of drug-likeness (QED) is 0.239. The minimum Gasteiger partial charge on any atom is -0.495 e. The first-order chi connectivity index (χ1) is 19.7. The smallest absolute Gasteiger partial charge is 0.226 e. The highest BCUT2D eigenvalue weighted by Crippen LogP contribution is 2.42. The van der Waals surface area contributed by atoms with Crippen LogP contribution in [0.5, 0.6) is 5.75 Å². The molecule has 2 N–H and O–H groups in total. The highest BCUT2D eigenvalue weighted by Gasteiger charge is 2.41. The van der Waals surface area contributed by atoms with Gasteiger partial charge in [-0.15, -0.1) is 0 Å². The number of aryl methyl sites for hydroxylation is 4. The van der Waals surface area contributed by atoms with Crippen molar-refractivity contribution in [2.45, 2.75) is 53.1 Å². The zero-order valence-corrected chi connectivity index (χ0v) is 25.3. The van der Waals surface area contributed by atoms with Crippen LogP contribution in [0.2, 0.25) is 0 Å². The van der Waals surface area contributed by atoms with Gasteiger partial charge in [-0.3, -0.25) is 9.78 Å². The fourth-order valence-corrected chi connectivity index (χ4v) is 6.46. The zero-order chi connectivity index (χ0) is 29.3. The third-order valence-corrected chi connectivity index (χ3v) is 8.16. The summed E-state index contributed by atoms with van der Waals surface area (Å²) in [6.07, 6.45) is 2.07. The summed E-state index contributed by atoms with van der Waals surface area (Å²) in [5.74, 6) is 0.523. The predicted octanol–water partition coefficient (Wildman–Crippen LogP) is 6.42. The Hall–Kier alpha value is -4.17. The second kappa shape index (κ2) is 11.7. The van der Waals surface area contributed by atoms with Crippen molar-refractivity contribution in [3.8, 4) is 11.4 Å². The van der Waals surface area contributed by atoms with Gasteiger partial charge in [-0.25, -0.2) is 0 Å². The molecule has 1 saturated heterocycles. The topological polar surface area (TPSA) is 71.4 Å². The molecule has 0 aliphatic carbocycles. The summed E-state index contributed by atoms with van der Waals surface area (Å²) in [5.41, 5.74) is 9.97. The molecule has 41 heavy (non-hydrogen) atoms. The molecule has 0 unspecified atom stereocenters. The molecule has 0 saturated carbocycles. The lowest BCUT2D eigenvalue weighted by atomic mass is 9.96. The number of pyridine rings is 1. The van der Waals surface area contributed by atoms with E-state index in [1.165, 1.54) is 22.4 Å². The van der Waals surface area contributed by atoms with Crippen molar-refractivity contribution >= 4 is 28.9 Å². The van der Waals surface area contributed by atoms with Gasteiger partial charge < -0.3 is 24.8 Å². The van der Waals surface area contributed by atoms with Crippen LogP contribution in [0.4, 0.5) is 5.69 Å². The first-order valence-corrected chi connectivity index (χ1v) is 14.3. The lowest BCUT2D eigenvalue weighted by molar-refractivity contribution is -0.116. The standard InChI is InChI=1S/C33H37N5O2S/c1-20-17-21(2)31(22(3)18-20)38-23(4)19-25(24(38)5)32-30(27-12-9-10-15-34-27)36-33(41)37(32)16-14-29(39)35-26-11-7-8-13-28(26)40-6/h7-13,15,17-19,30,32H,14,16H2,1-6H3,(H,35,39)(H,36,41)/t30-,32-/m1/s1. The Morgan fingerprint density at radius 3 is 2.41 bits per heavy atom. The SMILES string of the molecule is COc1ccccc1NC(=O)CCN1C(=S)N[C@H](c2ccccn2)[C@H]1c1cc(C)n(-c2c(C)cc(C)cc2C)c1C. The maximum atomic E-state index is 13.1. The Balaban J connectivity index is 1.50. The number of thiocarbonyl (C=S) groups is 1. The number of aromatic nitrogens is 2. The van der Waals surface area contributed by atoms with E-state index in [1.54, 1.807) is 7.11 Å². The largest absolute Gasteiger partial charge is 0.495 e. The van der Waals surface area contributed by atoms with E-state index in [0.717, 1.165) is 22.6 Å². The molecule has 212 valence electrons. The highest BCUT2D eigenvalue weighted by atomic mass is 32.1. The Bertz CT molecular complexity index is 1570. The first kappa shape index (κ1) is 28.4. The van der Waals surface area contributed by atoms with Crippen LogP contribution in [0, 0.1) is 34.6 Å². The van der Waals surface area contributed by atoms with Crippen molar-refractivity contribution in [1.29, 1.82) is 0 Å². The average molecular weight is 568 g/mol. The molecule has 2 aromatic heterocycles. The summed E-state index contributed by atoms with van der Waals surface area (Å²) in [6, 6.07) is 19.8. The molecule has 2 aromatic carbocycles. The van der Waals surface area contributed by atoms with E-state index in [1.807, 2.05) is 48.7 Å². The maximum Gasteiger partial charge on any atom is 0.226 e. The number of methoxy groups -OCH3 is 1. The van der Waals surface area contributed by atoms with E-state index in [2.05, 4.69) is 77.9 Å². The van der Waals surface area contributed by atoms with Gasteiger partial charge in [-0.05, 0) is 93.9 Å². The fraction of sp³-hybridized carbons (Fsp3) is 0.303. The van der Waals surface area contributed by atoms with E-state index in [4.69, 9.17) is 17.0 Å². The first-order valence-electron chi connectivity index (χ1n) is 13.9. The third kappa shape index (κ3) is 5.57.